The summed E-state index contributed by atoms with van der Waals surface area (Å²) in [5, 5.41) is 5.66. The van der Waals surface area contributed by atoms with E-state index in [4.69, 9.17) is 4.98 Å². The molecule has 0 aliphatic rings. The second kappa shape index (κ2) is 6.63. The Morgan fingerprint density at radius 3 is 2.57 bits per heavy atom. The summed E-state index contributed by atoms with van der Waals surface area (Å²) < 4.78 is 0. The molecule has 0 bridgehead atoms. The molecule has 0 aliphatic heterocycles. The van der Waals surface area contributed by atoms with Gasteiger partial charge in [-0.3, -0.25) is 9.78 Å². The van der Waals surface area contributed by atoms with Gasteiger partial charge in [-0.1, -0.05) is 42.5 Å². The van der Waals surface area contributed by atoms with Crippen LogP contribution in [0.5, 0.6) is 0 Å². The normalized spacial score (nSPS) is 11.0. The van der Waals surface area contributed by atoms with Crippen molar-refractivity contribution < 1.29 is 0 Å². The Hall–Kier alpha value is -3.99. The number of hydrogen-bond acceptors (Lipinski definition) is 4. The van der Waals surface area contributed by atoms with E-state index in [1.54, 1.807) is 18.6 Å². The smallest absolute Gasteiger partial charge is 0.258 e. The van der Waals surface area contributed by atoms with E-state index in [1.165, 1.54) is 0 Å². The average Bonchev–Trinajstić information content (AvgIpc) is 2.75. The van der Waals surface area contributed by atoms with Gasteiger partial charge in [0.25, 0.3) is 5.56 Å². The van der Waals surface area contributed by atoms with Gasteiger partial charge >= 0.3 is 0 Å². The predicted octanol–water partition coefficient (Wildman–Crippen LogP) is 4.88. The molecule has 134 valence electrons. The summed E-state index contributed by atoms with van der Waals surface area (Å²) in [6.45, 7) is 0. The van der Waals surface area contributed by atoms with Gasteiger partial charge in [-0.25, -0.2) is 4.98 Å². The van der Waals surface area contributed by atoms with Gasteiger partial charge in [-0.05, 0) is 35.4 Å². The maximum absolute atomic E-state index is 12.6. The van der Waals surface area contributed by atoms with Gasteiger partial charge in [-0.2, -0.15) is 0 Å². The number of H-pyrrole nitrogens is 1. The molecular formula is C23H16N4O. The molecule has 5 heteroatoms. The number of nitrogens with zero attached hydrogens (tertiary/aromatic N) is 2. The van der Waals surface area contributed by atoms with E-state index >= 15 is 0 Å². The zero-order valence-electron chi connectivity index (χ0n) is 14.9. The van der Waals surface area contributed by atoms with Crippen LogP contribution in [0, 0.1) is 0 Å². The summed E-state index contributed by atoms with van der Waals surface area (Å²) in [5.41, 5.74) is 3.49. The molecule has 2 aromatic carbocycles. The minimum absolute atomic E-state index is 0.145. The van der Waals surface area contributed by atoms with Crippen LogP contribution in [0.4, 0.5) is 11.5 Å². The molecule has 0 atom stereocenters. The summed E-state index contributed by atoms with van der Waals surface area (Å²) in [5.74, 6) is 0.695. The van der Waals surface area contributed by atoms with E-state index < -0.39 is 0 Å². The lowest BCUT2D eigenvalue weighted by Gasteiger charge is -2.12. The molecule has 28 heavy (non-hydrogen) atoms. The topological polar surface area (TPSA) is 70.7 Å². The molecular weight excluding hydrogens is 348 g/mol. The monoisotopic (exact) mass is 364 g/mol. The SMILES string of the molecule is O=c1[nH]ccc2nc(Nc3cccnc3)c3ccc(-c4ccccc4)cc3c12. The van der Waals surface area contributed by atoms with Gasteiger partial charge in [0.15, 0.2) is 0 Å². The summed E-state index contributed by atoms with van der Waals surface area (Å²) >= 11 is 0. The number of pyridine rings is 3. The Kier molecular flexibility index (Phi) is 3.84. The number of aromatic amines is 1. The quantitative estimate of drug-likeness (QED) is 0.448. The second-order valence-electron chi connectivity index (χ2n) is 6.52. The molecule has 2 N–H and O–H groups in total. The van der Waals surface area contributed by atoms with Gasteiger partial charge in [0.2, 0.25) is 0 Å². The van der Waals surface area contributed by atoms with Crippen LogP contribution in [0.3, 0.4) is 0 Å². The highest BCUT2D eigenvalue weighted by molar-refractivity contribution is 6.11. The fourth-order valence-corrected chi connectivity index (χ4v) is 3.44. The molecule has 5 nitrogen and oxygen atoms in total. The molecule has 0 fully saturated rings. The third kappa shape index (κ3) is 2.79. The van der Waals surface area contributed by atoms with Crippen molar-refractivity contribution in [3.8, 4) is 11.1 Å². The summed E-state index contributed by atoms with van der Waals surface area (Å²) in [6.07, 6.45) is 5.09. The van der Waals surface area contributed by atoms with Crippen LogP contribution in [0.15, 0.2) is 90.1 Å². The van der Waals surface area contributed by atoms with Crippen molar-refractivity contribution >= 4 is 33.2 Å². The average molecular weight is 364 g/mol. The highest BCUT2D eigenvalue weighted by atomic mass is 16.1. The van der Waals surface area contributed by atoms with E-state index in [0.29, 0.717) is 16.7 Å². The lowest BCUT2D eigenvalue weighted by Crippen LogP contribution is -2.07. The van der Waals surface area contributed by atoms with Crippen LogP contribution >= 0.6 is 0 Å². The second-order valence-corrected chi connectivity index (χ2v) is 6.52. The Bertz CT molecular complexity index is 1350. The third-order valence-corrected chi connectivity index (χ3v) is 4.75. The van der Waals surface area contributed by atoms with Gasteiger partial charge in [0.1, 0.15) is 5.82 Å². The van der Waals surface area contributed by atoms with E-state index in [1.807, 2.05) is 42.5 Å². The van der Waals surface area contributed by atoms with Crippen molar-refractivity contribution in [3.05, 3.63) is 95.7 Å². The minimum Gasteiger partial charge on any atom is -0.338 e. The molecule has 5 aromatic rings. The summed E-state index contributed by atoms with van der Waals surface area (Å²) in [6, 6.07) is 21.9. The van der Waals surface area contributed by atoms with Crippen molar-refractivity contribution in [1.82, 2.24) is 15.0 Å². The number of benzene rings is 2. The molecule has 3 heterocycles. The number of rotatable bonds is 3. The first-order valence-corrected chi connectivity index (χ1v) is 8.97. The molecule has 3 aromatic heterocycles. The van der Waals surface area contributed by atoms with Crippen molar-refractivity contribution in [1.29, 1.82) is 0 Å². The fraction of sp³-hybridized carbons (Fsp3) is 0. The van der Waals surface area contributed by atoms with Gasteiger partial charge < -0.3 is 10.3 Å². The Morgan fingerprint density at radius 1 is 0.857 bits per heavy atom. The van der Waals surface area contributed by atoms with Crippen LogP contribution in [0.2, 0.25) is 0 Å². The van der Waals surface area contributed by atoms with Crippen LogP contribution in [0.25, 0.3) is 32.8 Å². The minimum atomic E-state index is -0.145. The highest BCUT2D eigenvalue weighted by Crippen LogP contribution is 2.32. The van der Waals surface area contributed by atoms with Crippen molar-refractivity contribution in [2.75, 3.05) is 5.32 Å². The zero-order valence-corrected chi connectivity index (χ0v) is 14.9. The fourth-order valence-electron chi connectivity index (χ4n) is 3.44. The van der Waals surface area contributed by atoms with Crippen LogP contribution in [-0.2, 0) is 0 Å². The third-order valence-electron chi connectivity index (χ3n) is 4.75. The van der Waals surface area contributed by atoms with Crippen LogP contribution in [-0.4, -0.2) is 15.0 Å². The van der Waals surface area contributed by atoms with Crippen molar-refractivity contribution in [2.45, 2.75) is 0 Å². The lowest BCUT2D eigenvalue weighted by molar-refractivity contribution is 1.26. The van der Waals surface area contributed by atoms with E-state index in [0.717, 1.165) is 27.6 Å². The molecule has 0 unspecified atom stereocenters. The largest absolute Gasteiger partial charge is 0.338 e. The molecule has 0 spiro atoms. The zero-order chi connectivity index (χ0) is 18.9. The first-order valence-electron chi connectivity index (χ1n) is 8.97. The molecule has 0 saturated heterocycles. The van der Waals surface area contributed by atoms with Crippen LogP contribution in [0.1, 0.15) is 0 Å². The van der Waals surface area contributed by atoms with Gasteiger partial charge in [0.05, 0.1) is 22.8 Å². The Balaban J connectivity index is 1.80. The first kappa shape index (κ1) is 16.2. The predicted molar refractivity (Wildman–Crippen MR) is 113 cm³/mol. The summed E-state index contributed by atoms with van der Waals surface area (Å²) in [7, 11) is 0. The first-order chi connectivity index (χ1) is 13.8. The number of fused-ring (bicyclic) bond motifs is 3. The lowest BCUT2D eigenvalue weighted by atomic mass is 9.99. The number of hydrogen-bond donors (Lipinski definition) is 2. The van der Waals surface area contributed by atoms with Gasteiger partial charge in [0, 0.05) is 23.2 Å². The molecule has 0 saturated carbocycles. The molecule has 0 amide bonds. The van der Waals surface area contributed by atoms with Crippen molar-refractivity contribution in [2.24, 2.45) is 0 Å². The highest BCUT2D eigenvalue weighted by Gasteiger charge is 2.12. The number of aromatic nitrogens is 3. The Labute approximate surface area is 160 Å². The summed E-state index contributed by atoms with van der Waals surface area (Å²) in [4.78, 5) is 24.2. The maximum atomic E-state index is 12.6. The molecule has 5 rings (SSSR count). The standard InChI is InChI=1S/C23H16N4O/c28-23-21-19-13-16(15-5-2-1-3-6-15)8-9-18(19)22(27-20(21)10-12-25-23)26-17-7-4-11-24-14-17/h1-14H,(H,25,28)(H,26,27). The number of nitrogens with one attached hydrogen (secondary N) is 2. The van der Waals surface area contributed by atoms with E-state index in [9.17, 15) is 4.79 Å². The molecule has 0 radical (unpaired) electrons. The van der Waals surface area contributed by atoms with Gasteiger partial charge in [-0.15, -0.1) is 0 Å². The van der Waals surface area contributed by atoms with Crippen molar-refractivity contribution in [3.63, 3.8) is 0 Å². The van der Waals surface area contributed by atoms with Crippen LogP contribution < -0.4 is 10.9 Å². The van der Waals surface area contributed by atoms with E-state index in [2.05, 4.69) is 39.6 Å². The number of anilines is 2. The molecule has 0 aliphatic carbocycles. The Morgan fingerprint density at radius 2 is 1.75 bits per heavy atom. The maximum Gasteiger partial charge on any atom is 0.258 e. The van der Waals surface area contributed by atoms with E-state index in [-0.39, 0.29) is 5.56 Å².